The number of para-hydroxylation sites is 2. The van der Waals surface area contributed by atoms with E-state index in [-0.39, 0.29) is 18.4 Å². The van der Waals surface area contributed by atoms with Gasteiger partial charge in [-0.3, -0.25) is 14.4 Å². The van der Waals surface area contributed by atoms with Crippen molar-refractivity contribution in [2.45, 2.75) is 69.8 Å². The van der Waals surface area contributed by atoms with Crippen molar-refractivity contribution in [3.05, 3.63) is 66.0 Å². The molecule has 1 aliphatic rings. The van der Waals surface area contributed by atoms with Crippen molar-refractivity contribution in [2.24, 2.45) is 7.05 Å². The average molecular weight is 558 g/mol. The second kappa shape index (κ2) is 12.5. The van der Waals surface area contributed by atoms with Crippen LogP contribution in [-0.2, 0) is 21.4 Å². The third kappa shape index (κ3) is 7.19. The minimum absolute atomic E-state index is 0.140. The fourth-order valence-corrected chi connectivity index (χ4v) is 5.23. The molecule has 2 N–H and O–H groups in total. The number of carbonyl (C=O) groups is 3. The van der Waals surface area contributed by atoms with Gasteiger partial charge in [-0.1, -0.05) is 42.5 Å². The molecule has 1 aromatic heterocycles. The van der Waals surface area contributed by atoms with Gasteiger partial charge in [-0.2, -0.15) is 13.2 Å². The van der Waals surface area contributed by atoms with Crippen LogP contribution >= 0.6 is 0 Å². The summed E-state index contributed by atoms with van der Waals surface area (Å²) in [5, 5.41) is 5.35. The lowest BCUT2D eigenvalue weighted by Gasteiger charge is -2.28. The van der Waals surface area contributed by atoms with Crippen LogP contribution in [-0.4, -0.2) is 50.9 Å². The van der Waals surface area contributed by atoms with E-state index >= 15 is 0 Å². The van der Waals surface area contributed by atoms with E-state index in [1.54, 1.807) is 11.8 Å². The molecule has 0 spiro atoms. The first-order valence-electron chi connectivity index (χ1n) is 13.5. The lowest BCUT2D eigenvalue weighted by Crippen LogP contribution is -2.50. The number of rotatable bonds is 10. The second-order valence-electron chi connectivity index (χ2n) is 10.2. The molecular formula is C29H34F3N5O3. The number of benzene rings is 2. The number of imidazole rings is 1. The van der Waals surface area contributed by atoms with Gasteiger partial charge < -0.3 is 20.1 Å². The predicted octanol–water partition coefficient (Wildman–Crippen LogP) is 4.72. The largest absolute Gasteiger partial charge is 0.389 e. The van der Waals surface area contributed by atoms with Gasteiger partial charge in [0.2, 0.25) is 17.7 Å². The molecule has 0 radical (unpaired) electrons. The monoisotopic (exact) mass is 557 g/mol. The third-order valence-corrected chi connectivity index (χ3v) is 7.22. The molecule has 3 aromatic rings. The number of aryl methyl sites for hydroxylation is 1. The summed E-state index contributed by atoms with van der Waals surface area (Å²) < 4.78 is 39.6. The maximum absolute atomic E-state index is 13.4. The van der Waals surface area contributed by atoms with Gasteiger partial charge in [0.15, 0.2) is 0 Å². The Morgan fingerprint density at radius 3 is 2.45 bits per heavy atom. The molecule has 0 unspecified atom stereocenters. The number of nitrogens with zero attached hydrogens (tertiary/aromatic N) is 3. The molecule has 0 saturated carbocycles. The standard InChI is InChI=1S/C29H34F3N5O3/c1-19(27-35-21-12-6-7-13-24(21)36(27)2)33-28(40)22(34-25(38)15-8-16-29(30,31)32)18-26(39)37-17-9-14-23(37)20-10-4-3-5-11-20/h3-7,10-13,19,22-23H,8-9,14-18H2,1-2H3,(H,33,40)(H,34,38)/t19-,22-,23+/m0/s1. The van der Waals surface area contributed by atoms with Gasteiger partial charge in [0, 0.05) is 26.4 Å². The van der Waals surface area contributed by atoms with Crippen molar-refractivity contribution >= 4 is 28.8 Å². The van der Waals surface area contributed by atoms with E-state index in [2.05, 4.69) is 15.6 Å². The van der Waals surface area contributed by atoms with Crippen molar-refractivity contribution in [1.29, 1.82) is 0 Å². The summed E-state index contributed by atoms with van der Waals surface area (Å²) in [7, 11) is 1.83. The molecule has 8 nitrogen and oxygen atoms in total. The molecule has 40 heavy (non-hydrogen) atoms. The first kappa shape index (κ1) is 29.1. The summed E-state index contributed by atoms with van der Waals surface area (Å²) in [5.41, 5.74) is 2.62. The van der Waals surface area contributed by atoms with Crippen LogP contribution in [0.3, 0.4) is 0 Å². The Hall–Kier alpha value is -3.89. The average Bonchev–Trinajstić information content (AvgIpc) is 3.53. The van der Waals surface area contributed by atoms with Crippen LogP contribution in [0.5, 0.6) is 0 Å². The molecule has 3 atom stereocenters. The number of halogens is 3. The summed E-state index contributed by atoms with van der Waals surface area (Å²) in [6.07, 6.45) is -5.03. The van der Waals surface area contributed by atoms with Crippen LogP contribution in [0.1, 0.15) is 68.9 Å². The molecule has 0 bridgehead atoms. The molecule has 0 aliphatic carbocycles. The molecule has 4 rings (SSSR count). The highest BCUT2D eigenvalue weighted by Crippen LogP contribution is 2.32. The number of nitrogens with one attached hydrogen (secondary N) is 2. The first-order chi connectivity index (χ1) is 19.0. The lowest BCUT2D eigenvalue weighted by molar-refractivity contribution is -0.139. The van der Waals surface area contributed by atoms with Crippen LogP contribution in [0.25, 0.3) is 11.0 Å². The Balaban J connectivity index is 1.48. The quantitative estimate of drug-likeness (QED) is 0.377. The predicted molar refractivity (Wildman–Crippen MR) is 144 cm³/mol. The van der Waals surface area contributed by atoms with Gasteiger partial charge in [0.05, 0.1) is 29.5 Å². The Bertz CT molecular complexity index is 1340. The lowest BCUT2D eigenvalue weighted by atomic mass is 10.0. The van der Waals surface area contributed by atoms with Gasteiger partial charge in [-0.25, -0.2) is 4.98 Å². The van der Waals surface area contributed by atoms with Crippen LogP contribution in [0.2, 0.25) is 0 Å². The molecule has 1 aliphatic heterocycles. The van der Waals surface area contributed by atoms with Gasteiger partial charge in [0.1, 0.15) is 11.9 Å². The van der Waals surface area contributed by atoms with Gasteiger partial charge in [-0.05, 0) is 43.9 Å². The number of fused-ring (bicyclic) bond motifs is 1. The van der Waals surface area contributed by atoms with Crippen LogP contribution in [0.4, 0.5) is 13.2 Å². The highest BCUT2D eigenvalue weighted by atomic mass is 19.4. The molecule has 2 heterocycles. The summed E-state index contributed by atoms with van der Waals surface area (Å²) in [6, 6.07) is 15.1. The van der Waals surface area contributed by atoms with Crippen LogP contribution in [0.15, 0.2) is 54.6 Å². The summed E-state index contributed by atoms with van der Waals surface area (Å²) in [5.74, 6) is -1.04. The summed E-state index contributed by atoms with van der Waals surface area (Å²) in [6.45, 7) is 2.26. The van der Waals surface area contributed by atoms with E-state index in [1.165, 1.54) is 0 Å². The van der Waals surface area contributed by atoms with Crippen molar-refractivity contribution < 1.29 is 27.6 Å². The van der Waals surface area contributed by atoms with E-state index in [0.29, 0.717) is 12.4 Å². The van der Waals surface area contributed by atoms with E-state index in [9.17, 15) is 27.6 Å². The highest BCUT2D eigenvalue weighted by Gasteiger charge is 2.34. The molecule has 1 saturated heterocycles. The maximum Gasteiger partial charge on any atom is 0.389 e. The number of carbonyl (C=O) groups excluding carboxylic acids is 3. The maximum atomic E-state index is 13.4. The van der Waals surface area contributed by atoms with Crippen LogP contribution in [0, 0.1) is 0 Å². The number of hydrogen-bond acceptors (Lipinski definition) is 4. The SMILES string of the molecule is C[C@H](NC(=O)[C@H](CC(=O)N1CCC[C@@H]1c1ccccc1)NC(=O)CCCC(F)(F)F)c1nc2ccccc2n1C. The van der Waals surface area contributed by atoms with E-state index < -0.39 is 49.3 Å². The highest BCUT2D eigenvalue weighted by molar-refractivity contribution is 5.92. The van der Waals surface area contributed by atoms with Crippen molar-refractivity contribution in [2.75, 3.05) is 6.54 Å². The van der Waals surface area contributed by atoms with E-state index in [1.807, 2.05) is 66.2 Å². The zero-order valence-corrected chi connectivity index (χ0v) is 22.6. The molecule has 214 valence electrons. The first-order valence-corrected chi connectivity index (χ1v) is 13.5. The third-order valence-electron chi connectivity index (χ3n) is 7.22. The van der Waals surface area contributed by atoms with Gasteiger partial charge in [-0.15, -0.1) is 0 Å². The number of hydrogen-bond donors (Lipinski definition) is 2. The second-order valence-corrected chi connectivity index (χ2v) is 10.2. The topological polar surface area (TPSA) is 96.3 Å². The minimum atomic E-state index is -4.38. The molecule has 1 fully saturated rings. The zero-order chi connectivity index (χ0) is 28.9. The smallest absolute Gasteiger partial charge is 0.345 e. The zero-order valence-electron chi connectivity index (χ0n) is 22.6. The normalized spacial score (nSPS) is 17.0. The Morgan fingerprint density at radius 1 is 1.05 bits per heavy atom. The van der Waals surface area contributed by atoms with Gasteiger partial charge >= 0.3 is 6.18 Å². The number of likely N-dealkylation sites (tertiary alicyclic amines) is 1. The summed E-state index contributed by atoms with van der Waals surface area (Å²) >= 11 is 0. The molecular weight excluding hydrogens is 523 g/mol. The number of alkyl halides is 3. The number of amides is 3. The van der Waals surface area contributed by atoms with Gasteiger partial charge in [0.25, 0.3) is 0 Å². The fourth-order valence-electron chi connectivity index (χ4n) is 5.23. The Morgan fingerprint density at radius 2 is 1.75 bits per heavy atom. The van der Waals surface area contributed by atoms with Crippen molar-refractivity contribution in [3.63, 3.8) is 0 Å². The Labute approximate surface area is 230 Å². The summed E-state index contributed by atoms with van der Waals surface area (Å²) in [4.78, 5) is 45.7. The van der Waals surface area contributed by atoms with Crippen molar-refractivity contribution in [1.82, 2.24) is 25.1 Å². The Kier molecular flexibility index (Phi) is 9.11. The number of aromatic nitrogens is 2. The fraction of sp³-hybridized carbons (Fsp3) is 0.448. The van der Waals surface area contributed by atoms with Crippen molar-refractivity contribution in [3.8, 4) is 0 Å². The molecule has 3 amide bonds. The minimum Gasteiger partial charge on any atom is -0.345 e. The molecule has 11 heteroatoms. The van der Waals surface area contributed by atoms with E-state index in [0.717, 1.165) is 29.4 Å². The van der Waals surface area contributed by atoms with E-state index in [4.69, 9.17) is 0 Å². The van der Waals surface area contributed by atoms with Crippen LogP contribution < -0.4 is 10.6 Å². The molecule has 2 aromatic carbocycles.